The zero-order valence-corrected chi connectivity index (χ0v) is 13.8. The van der Waals surface area contributed by atoms with E-state index in [1.54, 1.807) is 12.1 Å². The molecule has 1 aromatic carbocycles. The lowest BCUT2D eigenvalue weighted by molar-refractivity contribution is -0.142. The molecular weight excluding hydrogens is 306 g/mol. The van der Waals surface area contributed by atoms with E-state index in [2.05, 4.69) is 10.4 Å². The van der Waals surface area contributed by atoms with Gasteiger partial charge in [0.2, 0.25) is 0 Å². The van der Waals surface area contributed by atoms with Gasteiger partial charge in [-0.2, -0.15) is 5.10 Å². The van der Waals surface area contributed by atoms with E-state index in [1.807, 2.05) is 36.7 Å². The molecule has 0 aliphatic heterocycles. The average molecular weight is 327 g/mol. The molecule has 1 saturated carbocycles. The minimum atomic E-state index is -0.835. The lowest BCUT2D eigenvalue weighted by atomic mass is 10.0. The average Bonchev–Trinajstić information content (AvgIpc) is 3.13. The van der Waals surface area contributed by atoms with Crippen molar-refractivity contribution in [2.24, 2.45) is 5.92 Å². The Morgan fingerprint density at radius 1 is 1.21 bits per heavy atom. The molecule has 1 aliphatic carbocycles. The van der Waals surface area contributed by atoms with E-state index < -0.39 is 11.9 Å². The van der Waals surface area contributed by atoms with Gasteiger partial charge in [-0.3, -0.25) is 9.59 Å². The van der Waals surface area contributed by atoms with Gasteiger partial charge in [0.05, 0.1) is 17.3 Å². The van der Waals surface area contributed by atoms with Crippen molar-refractivity contribution in [2.75, 3.05) is 0 Å². The minimum absolute atomic E-state index is 0.229. The molecule has 3 rings (SSSR count). The summed E-state index contributed by atoms with van der Waals surface area (Å²) in [5.41, 5.74) is 3.38. The molecule has 2 atom stereocenters. The van der Waals surface area contributed by atoms with Gasteiger partial charge >= 0.3 is 5.97 Å². The second-order valence-electron chi connectivity index (χ2n) is 6.34. The smallest absolute Gasteiger partial charge is 0.308 e. The van der Waals surface area contributed by atoms with Crippen molar-refractivity contribution in [1.29, 1.82) is 0 Å². The standard InChI is InChI=1S/C18H21N3O3/c1-11-10-12(2)21(20-11)14-8-6-13(7-9-14)17(22)19-16-5-3-4-15(16)18(23)24/h6-10,15-16H,3-5H2,1-2H3,(H,19,22)(H,23,24)/t15-,16+/m0/s1. The van der Waals surface area contributed by atoms with Crippen LogP contribution in [-0.4, -0.2) is 32.8 Å². The molecule has 0 unspecified atom stereocenters. The Hall–Kier alpha value is -2.63. The van der Waals surface area contributed by atoms with Gasteiger partial charge in [-0.1, -0.05) is 6.42 Å². The number of rotatable bonds is 4. The molecule has 1 aromatic heterocycles. The molecule has 6 heteroatoms. The Balaban J connectivity index is 1.72. The molecule has 1 aliphatic rings. The van der Waals surface area contributed by atoms with Gasteiger partial charge in [-0.25, -0.2) is 4.68 Å². The van der Waals surface area contributed by atoms with Crippen LogP contribution in [0.15, 0.2) is 30.3 Å². The first-order chi connectivity index (χ1) is 11.5. The molecule has 2 aromatic rings. The number of benzene rings is 1. The van der Waals surface area contributed by atoms with Crippen LogP contribution in [0.3, 0.4) is 0 Å². The maximum Gasteiger partial charge on any atom is 0.308 e. The summed E-state index contributed by atoms with van der Waals surface area (Å²) >= 11 is 0. The highest BCUT2D eigenvalue weighted by Crippen LogP contribution is 2.26. The second-order valence-corrected chi connectivity index (χ2v) is 6.34. The molecule has 0 saturated heterocycles. The summed E-state index contributed by atoms with van der Waals surface area (Å²) in [5.74, 6) is -1.55. The van der Waals surface area contributed by atoms with Crippen LogP contribution in [0.2, 0.25) is 0 Å². The van der Waals surface area contributed by atoms with E-state index in [9.17, 15) is 14.7 Å². The second kappa shape index (κ2) is 6.47. The summed E-state index contributed by atoms with van der Waals surface area (Å²) < 4.78 is 1.83. The largest absolute Gasteiger partial charge is 0.481 e. The highest BCUT2D eigenvalue weighted by Gasteiger charge is 2.33. The molecule has 126 valence electrons. The lowest BCUT2D eigenvalue weighted by Crippen LogP contribution is -2.40. The SMILES string of the molecule is Cc1cc(C)n(-c2ccc(C(=O)N[C@@H]3CCC[C@@H]3C(=O)O)cc2)n1. The monoisotopic (exact) mass is 327 g/mol. The van der Waals surface area contributed by atoms with Crippen molar-refractivity contribution in [3.8, 4) is 5.69 Å². The number of aryl methyl sites for hydroxylation is 2. The van der Waals surface area contributed by atoms with Crippen LogP contribution in [0.25, 0.3) is 5.69 Å². The molecule has 1 amide bonds. The summed E-state index contributed by atoms with van der Waals surface area (Å²) in [7, 11) is 0. The van der Waals surface area contributed by atoms with E-state index in [-0.39, 0.29) is 11.9 Å². The van der Waals surface area contributed by atoms with Crippen molar-refractivity contribution in [3.63, 3.8) is 0 Å². The third-order valence-electron chi connectivity index (χ3n) is 4.53. The third kappa shape index (κ3) is 3.18. The van der Waals surface area contributed by atoms with Gasteiger partial charge in [0.25, 0.3) is 5.91 Å². The van der Waals surface area contributed by atoms with Crippen LogP contribution in [0.5, 0.6) is 0 Å². The summed E-state index contributed by atoms with van der Waals surface area (Å²) in [6.07, 6.45) is 2.17. The Morgan fingerprint density at radius 3 is 2.50 bits per heavy atom. The number of aromatic nitrogens is 2. The number of hydrogen-bond donors (Lipinski definition) is 2. The fraction of sp³-hybridized carbons (Fsp3) is 0.389. The third-order valence-corrected chi connectivity index (χ3v) is 4.53. The molecule has 0 spiro atoms. The number of carbonyl (C=O) groups excluding carboxylic acids is 1. The Labute approximate surface area is 140 Å². The van der Waals surface area contributed by atoms with Crippen molar-refractivity contribution in [2.45, 2.75) is 39.2 Å². The number of nitrogens with zero attached hydrogens (tertiary/aromatic N) is 2. The Kier molecular flexibility index (Phi) is 4.38. The van der Waals surface area contributed by atoms with E-state index in [1.165, 1.54) is 0 Å². The van der Waals surface area contributed by atoms with Crippen LogP contribution in [0, 0.1) is 19.8 Å². The fourth-order valence-electron chi connectivity index (χ4n) is 3.32. The first-order valence-corrected chi connectivity index (χ1v) is 8.13. The number of nitrogens with one attached hydrogen (secondary N) is 1. The topological polar surface area (TPSA) is 84.2 Å². The summed E-state index contributed by atoms with van der Waals surface area (Å²) in [5, 5.41) is 16.5. The maximum absolute atomic E-state index is 12.4. The van der Waals surface area contributed by atoms with Crippen LogP contribution >= 0.6 is 0 Å². The van der Waals surface area contributed by atoms with Gasteiger partial charge < -0.3 is 10.4 Å². The molecule has 6 nitrogen and oxygen atoms in total. The van der Waals surface area contributed by atoms with Gasteiger partial charge in [-0.15, -0.1) is 0 Å². The van der Waals surface area contributed by atoms with E-state index in [0.29, 0.717) is 18.4 Å². The predicted octanol–water partition coefficient (Wildman–Crippen LogP) is 2.47. The molecule has 24 heavy (non-hydrogen) atoms. The highest BCUT2D eigenvalue weighted by atomic mass is 16.4. The highest BCUT2D eigenvalue weighted by molar-refractivity contribution is 5.94. The quantitative estimate of drug-likeness (QED) is 0.903. The van der Waals surface area contributed by atoms with Crippen molar-refractivity contribution in [3.05, 3.63) is 47.3 Å². The van der Waals surface area contributed by atoms with Gasteiger partial charge in [-0.05, 0) is 57.0 Å². The maximum atomic E-state index is 12.4. The number of carboxylic acid groups (broad SMARTS) is 1. The minimum Gasteiger partial charge on any atom is -0.481 e. The summed E-state index contributed by atoms with van der Waals surface area (Å²) in [6, 6.07) is 8.88. The molecular formula is C18H21N3O3. The lowest BCUT2D eigenvalue weighted by Gasteiger charge is -2.17. The number of carboxylic acids is 1. The predicted molar refractivity (Wildman–Crippen MR) is 89.3 cm³/mol. The van der Waals surface area contributed by atoms with E-state index in [4.69, 9.17) is 0 Å². The first-order valence-electron chi connectivity index (χ1n) is 8.13. The first kappa shape index (κ1) is 16.2. The van der Waals surface area contributed by atoms with Crippen LogP contribution in [-0.2, 0) is 4.79 Å². The van der Waals surface area contributed by atoms with Crippen molar-refractivity contribution in [1.82, 2.24) is 15.1 Å². The molecule has 0 radical (unpaired) electrons. The fourth-order valence-corrected chi connectivity index (χ4v) is 3.32. The van der Waals surface area contributed by atoms with Crippen LogP contribution < -0.4 is 5.32 Å². The van der Waals surface area contributed by atoms with E-state index >= 15 is 0 Å². The van der Waals surface area contributed by atoms with Crippen LogP contribution in [0.1, 0.15) is 41.0 Å². The molecule has 2 N–H and O–H groups in total. The van der Waals surface area contributed by atoms with Gasteiger partial charge in [0, 0.05) is 17.3 Å². The molecule has 0 bridgehead atoms. The summed E-state index contributed by atoms with van der Waals surface area (Å²) in [4.78, 5) is 23.6. The van der Waals surface area contributed by atoms with Crippen molar-refractivity contribution < 1.29 is 14.7 Å². The number of carbonyl (C=O) groups is 2. The zero-order chi connectivity index (χ0) is 17.3. The Bertz CT molecular complexity index is 764. The zero-order valence-electron chi connectivity index (χ0n) is 13.8. The van der Waals surface area contributed by atoms with Crippen molar-refractivity contribution >= 4 is 11.9 Å². The summed E-state index contributed by atoms with van der Waals surface area (Å²) in [6.45, 7) is 3.92. The Morgan fingerprint density at radius 2 is 1.92 bits per heavy atom. The normalized spacial score (nSPS) is 20.1. The van der Waals surface area contributed by atoms with E-state index in [0.717, 1.165) is 23.5 Å². The van der Waals surface area contributed by atoms with Gasteiger partial charge in [0.1, 0.15) is 0 Å². The van der Waals surface area contributed by atoms with Crippen LogP contribution in [0.4, 0.5) is 0 Å². The van der Waals surface area contributed by atoms with Gasteiger partial charge in [0.15, 0.2) is 0 Å². The number of amides is 1. The number of aliphatic carboxylic acids is 1. The number of hydrogen-bond acceptors (Lipinski definition) is 3. The molecule has 1 fully saturated rings. The molecule has 1 heterocycles.